The first-order valence-electron chi connectivity index (χ1n) is 5.59. The van der Waals surface area contributed by atoms with E-state index in [-0.39, 0.29) is 0 Å². The van der Waals surface area contributed by atoms with Gasteiger partial charge in [-0.3, -0.25) is 4.99 Å². The summed E-state index contributed by atoms with van der Waals surface area (Å²) in [5, 5.41) is 0. The van der Waals surface area contributed by atoms with Crippen molar-refractivity contribution in [2.45, 2.75) is 12.8 Å². The molecule has 78 valence electrons. The first-order chi connectivity index (χ1) is 6.81. The Labute approximate surface area is 89.7 Å². The summed E-state index contributed by atoms with van der Waals surface area (Å²) >= 11 is 1.76. The van der Waals surface area contributed by atoms with Crippen molar-refractivity contribution in [1.29, 1.82) is 0 Å². The number of amidine groups is 1. The second kappa shape index (κ2) is 3.16. The molecule has 0 amide bonds. The Bertz CT molecular complexity index is 262. The lowest BCUT2D eigenvalue weighted by Crippen LogP contribution is -2.18. The SMILES string of the molecule is CSCC(N)=NCC1C2CC3C(C2)C13. The molecule has 4 aliphatic rings. The van der Waals surface area contributed by atoms with Crippen molar-refractivity contribution >= 4 is 17.6 Å². The van der Waals surface area contributed by atoms with E-state index in [9.17, 15) is 0 Å². The number of nitrogens with two attached hydrogens (primary N) is 1. The standard InChI is InChI=1S/C11H18N2S/c1-14-5-10(12)13-4-9-6-2-7-8(3-6)11(7)9/h6-9,11H,2-5H2,1H3,(H2,12,13). The van der Waals surface area contributed by atoms with Crippen LogP contribution >= 0.6 is 11.8 Å². The lowest BCUT2D eigenvalue weighted by Gasteiger charge is -2.11. The molecule has 4 saturated carbocycles. The maximum atomic E-state index is 5.81. The van der Waals surface area contributed by atoms with Gasteiger partial charge in [-0.15, -0.1) is 0 Å². The van der Waals surface area contributed by atoms with Crippen LogP contribution in [0.1, 0.15) is 12.8 Å². The Morgan fingerprint density at radius 1 is 1.43 bits per heavy atom. The lowest BCUT2D eigenvalue weighted by molar-refractivity contribution is 0.424. The van der Waals surface area contributed by atoms with E-state index in [1.165, 1.54) is 12.8 Å². The molecule has 0 aliphatic heterocycles. The average Bonchev–Trinajstić information content (AvgIpc) is 2.60. The van der Waals surface area contributed by atoms with E-state index in [0.29, 0.717) is 0 Å². The molecule has 3 atom stereocenters. The number of thioether (sulfide) groups is 1. The van der Waals surface area contributed by atoms with Crippen LogP contribution in [0.15, 0.2) is 4.99 Å². The molecule has 2 nitrogen and oxygen atoms in total. The predicted molar refractivity (Wildman–Crippen MR) is 61.6 cm³/mol. The van der Waals surface area contributed by atoms with Gasteiger partial charge in [0, 0.05) is 6.54 Å². The predicted octanol–water partition coefficient (Wildman–Crippen LogP) is 1.61. The van der Waals surface area contributed by atoms with Gasteiger partial charge < -0.3 is 5.73 Å². The molecule has 0 radical (unpaired) electrons. The molecule has 0 aromatic heterocycles. The molecule has 4 aliphatic carbocycles. The summed E-state index contributed by atoms with van der Waals surface area (Å²) in [7, 11) is 0. The molecule has 3 heteroatoms. The fourth-order valence-corrected chi connectivity index (χ4v) is 4.31. The third kappa shape index (κ3) is 1.21. The third-order valence-corrected chi connectivity index (χ3v) is 5.03. The summed E-state index contributed by atoms with van der Waals surface area (Å²) in [6.45, 7) is 1.02. The average molecular weight is 210 g/mol. The molecule has 0 saturated heterocycles. The zero-order valence-corrected chi connectivity index (χ0v) is 9.46. The smallest absolute Gasteiger partial charge is 0.104 e. The van der Waals surface area contributed by atoms with Crippen LogP contribution < -0.4 is 5.73 Å². The van der Waals surface area contributed by atoms with Crippen molar-refractivity contribution in [3.63, 3.8) is 0 Å². The molecular formula is C11H18N2S. The minimum atomic E-state index is 0.846. The zero-order valence-electron chi connectivity index (χ0n) is 8.65. The number of nitrogens with zero attached hydrogens (tertiary/aromatic N) is 1. The molecule has 4 fully saturated rings. The zero-order chi connectivity index (χ0) is 9.71. The Balaban J connectivity index is 1.57. The molecule has 14 heavy (non-hydrogen) atoms. The van der Waals surface area contributed by atoms with E-state index in [2.05, 4.69) is 11.2 Å². The van der Waals surface area contributed by atoms with Gasteiger partial charge in [0.1, 0.15) is 5.84 Å². The van der Waals surface area contributed by atoms with E-state index in [0.717, 1.165) is 47.7 Å². The molecule has 3 unspecified atom stereocenters. The number of hydrogen-bond acceptors (Lipinski definition) is 2. The Hall–Kier alpha value is -0.180. The summed E-state index contributed by atoms with van der Waals surface area (Å²) in [5.41, 5.74) is 5.81. The fraction of sp³-hybridized carbons (Fsp3) is 0.909. The topological polar surface area (TPSA) is 38.4 Å². The van der Waals surface area contributed by atoms with Crippen molar-refractivity contribution < 1.29 is 0 Å². The van der Waals surface area contributed by atoms with Gasteiger partial charge in [-0.1, -0.05) is 0 Å². The lowest BCUT2D eigenvalue weighted by atomic mass is 9.99. The van der Waals surface area contributed by atoms with Crippen LogP contribution in [0.5, 0.6) is 0 Å². The van der Waals surface area contributed by atoms with Crippen molar-refractivity contribution in [2.24, 2.45) is 40.3 Å². The maximum absolute atomic E-state index is 5.81. The van der Waals surface area contributed by atoms with Gasteiger partial charge in [0.2, 0.25) is 0 Å². The molecule has 0 aromatic carbocycles. The third-order valence-electron chi connectivity index (χ3n) is 4.44. The fourth-order valence-electron chi connectivity index (χ4n) is 3.92. The van der Waals surface area contributed by atoms with Crippen molar-refractivity contribution in [2.75, 3.05) is 18.6 Å². The van der Waals surface area contributed by atoms with Crippen molar-refractivity contribution in [3.8, 4) is 0 Å². The largest absolute Gasteiger partial charge is 0.387 e. The molecular weight excluding hydrogens is 192 g/mol. The molecule has 0 heterocycles. The van der Waals surface area contributed by atoms with Crippen molar-refractivity contribution in [1.82, 2.24) is 0 Å². The Morgan fingerprint density at radius 3 is 2.64 bits per heavy atom. The number of aliphatic imine (C=N–C) groups is 1. The van der Waals surface area contributed by atoms with E-state index < -0.39 is 0 Å². The summed E-state index contributed by atoms with van der Waals surface area (Å²) in [5.74, 6) is 6.95. The highest BCUT2D eigenvalue weighted by Gasteiger charge is 2.67. The summed E-state index contributed by atoms with van der Waals surface area (Å²) in [4.78, 5) is 4.52. The van der Waals surface area contributed by atoms with Crippen LogP contribution in [0.3, 0.4) is 0 Å². The first kappa shape index (κ1) is 9.08. The molecule has 0 spiro atoms. The minimum absolute atomic E-state index is 0.846. The van der Waals surface area contributed by atoms with Gasteiger partial charge in [-0.05, 0) is 48.7 Å². The monoisotopic (exact) mass is 210 g/mol. The Kier molecular flexibility index (Phi) is 2.05. The van der Waals surface area contributed by atoms with E-state index >= 15 is 0 Å². The highest BCUT2D eigenvalue weighted by Crippen LogP contribution is 2.73. The van der Waals surface area contributed by atoms with E-state index in [1.54, 1.807) is 11.8 Å². The molecule has 4 bridgehead atoms. The molecule has 2 N–H and O–H groups in total. The quantitative estimate of drug-likeness (QED) is 0.565. The van der Waals surface area contributed by atoms with Crippen LogP contribution in [-0.4, -0.2) is 24.4 Å². The van der Waals surface area contributed by atoms with Crippen LogP contribution in [0, 0.1) is 29.6 Å². The first-order valence-corrected chi connectivity index (χ1v) is 6.98. The van der Waals surface area contributed by atoms with Crippen LogP contribution in [0.2, 0.25) is 0 Å². The Morgan fingerprint density at radius 2 is 2.14 bits per heavy atom. The van der Waals surface area contributed by atoms with Gasteiger partial charge in [0.05, 0.1) is 5.75 Å². The van der Waals surface area contributed by atoms with Crippen molar-refractivity contribution in [3.05, 3.63) is 0 Å². The highest BCUT2D eigenvalue weighted by atomic mass is 32.2. The molecule has 0 aromatic rings. The van der Waals surface area contributed by atoms with E-state index in [1.807, 2.05) is 0 Å². The van der Waals surface area contributed by atoms with E-state index in [4.69, 9.17) is 5.73 Å². The maximum Gasteiger partial charge on any atom is 0.104 e. The van der Waals surface area contributed by atoms with Gasteiger partial charge in [0.15, 0.2) is 0 Å². The second-order valence-electron chi connectivity index (χ2n) is 5.07. The summed E-state index contributed by atoms with van der Waals surface area (Å²) < 4.78 is 0. The van der Waals surface area contributed by atoms with Crippen LogP contribution in [0.4, 0.5) is 0 Å². The minimum Gasteiger partial charge on any atom is -0.387 e. The number of hydrogen-bond donors (Lipinski definition) is 1. The van der Waals surface area contributed by atoms with Gasteiger partial charge in [-0.2, -0.15) is 11.8 Å². The highest BCUT2D eigenvalue weighted by molar-refractivity contribution is 7.99. The number of rotatable bonds is 4. The van der Waals surface area contributed by atoms with Gasteiger partial charge in [0.25, 0.3) is 0 Å². The molecule has 4 rings (SSSR count). The van der Waals surface area contributed by atoms with Gasteiger partial charge >= 0.3 is 0 Å². The summed E-state index contributed by atoms with van der Waals surface area (Å²) in [6.07, 6.45) is 5.10. The second-order valence-corrected chi connectivity index (χ2v) is 5.93. The normalized spacial score (nSPS) is 48.6. The van der Waals surface area contributed by atoms with Crippen LogP contribution in [0.25, 0.3) is 0 Å². The summed E-state index contributed by atoms with van der Waals surface area (Å²) in [6, 6.07) is 0. The van der Waals surface area contributed by atoms with Gasteiger partial charge in [-0.25, -0.2) is 0 Å². The van der Waals surface area contributed by atoms with Crippen LogP contribution in [-0.2, 0) is 0 Å².